The molecule has 0 aliphatic carbocycles. The minimum Gasteiger partial charge on any atom is -0.306 e. The standard InChI is InChI=1S/C6H6BrNO/c1-8-5(7)3-2-4-6(8)9/h2-4H,1H3/i1D3,2D,3D,4D. The van der Waals surface area contributed by atoms with Gasteiger partial charge in [-0.2, -0.15) is 0 Å². The Morgan fingerprint density at radius 1 is 1.89 bits per heavy atom. The van der Waals surface area contributed by atoms with Crippen LogP contribution in [0.15, 0.2) is 27.5 Å². The van der Waals surface area contributed by atoms with E-state index < -0.39 is 30.7 Å². The zero-order chi connectivity index (χ0) is 12.0. The highest BCUT2D eigenvalue weighted by atomic mass is 79.9. The van der Waals surface area contributed by atoms with Crippen molar-refractivity contribution < 1.29 is 8.22 Å². The molecule has 9 heavy (non-hydrogen) atoms. The number of hydrogen-bond acceptors (Lipinski definition) is 1. The van der Waals surface area contributed by atoms with E-state index in [0.29, 0.717) is 4.57 Å². The van der Waals surface area contributed by atoms with Gasteiger partial charge < -0.3 is 4.57 Å². The molecule has 0 aliphatic heterocycles. The molecule has 1 aromatic rings. The van der Waals surface area contributed by atoms with E-state index in [4.69, 9.17) is 8.22 Å². The van der Waals surface area contributed by atoms with Crippen LogP contribution in [-0.4, -0.2) is 4.57 Å². The molecule has 0 saturated heterocycles. The van der Waals surface area contributed by atoms with E-state index >= 15 is 0 Å². The maximum absolute atomic E-state index is 11.4. The summed E-state index contributed by atoms with van der Waals surface area (Å²) in [6, 6.07) is -1.87. The summed E-state index contributed by atoms with van der Waals surface area (Å²) in [5, 5.41) is 0. The number of pyridine rings is 1. The summed E-state index contributed by atoms with van der Waals surface area (Å²) in [7, 11) is 0. The van der Waals surface area contributed by atoms with Gasteiger partial charge in [-0.15, -0.1) is 0 Å². The lowest BCUT2D eigenvalue weighted by atomic mass is 10.5. The van der Waals surface area contributed by atoms with E-state index in [1.165, 1.54) is 0 Å². The molecule has 2 nitrogen and oxygen atoms in total. The van der Waals surface area contributed by atoms with Gasteiger partial charge in [0.2, 0.25) is 0 Å². The summed E-state index contributed by atoms with van der Waals surface area (Å²) in [5.41, 5.74) is -1.11. The first-order valence-electron chi connectivity index (χ1n) is 5.06. The quantitative estimate of drug-likeness (QED) is 0.567. The van der Waals surface area contributed by atoms with Crippen molar-refractivity contribution in [3.05, 3.63) is 33.1 Å². The predicted octanol–water partition coefficient (Wildman–Crippen LogP) is 1.15. The summed E-state index contributed by atoms with van der Waals surface area (Å²) >= 11 is 2.76. The van der Waals surface area contributed by atoms with Crippen LogP contribution in [0.3, 0.4) is 0 Å². The van der Waals surface area contributed by atoms with Crippen LogP contribution >= 0.6 is 15.9 Å². The number of halogens is 1. The SMILES string of the molecule is [2H]c1c([2H])c(Br)n(C([2H])([2H])[2H])c(=O)c1[2H]. The minimum atomic E-state index is -2.77. The molecule has 1 aromatic heterocycles. The Kier molecular flexibility index (Phi) is 0.584. The van der Waals surface area contributed by atoms with Crippen LogP contribution in [0.4, 0.5) is 0 Å². The summed E-state index contributed by atoms with van der Waals surface area (Å²) in [5.74, 6) is 0. The summed E-state index contributed by atoms with van der Waals surface area (Å²) in [4.78, 5) is 11.4. The van der Waals surface area contributed by atoms with E-state index in [1.54, 1.807) is 0 Å². The molecular weight excluding hydrogens is 182 g/mol. The van der Waals surface area contributed by atoms with Crippen molar-refractivity contribution in [2.45, 2.75) is 0 Å². The van der Waals surface area contributed by atoms with E-state index in [2.05, 4.69) is 15.9 Å². The first-order valence-corrected chi connectivity index (χ1v) is 2.86. The minimum absolute atomic E-state index is 0.312. The molecule has 0 aromatic carbocycles. The second kappa shape index (κ2) is 2.35. The Labute approximate surface area is 69.7 Å². The fraction of sp³-hybridized carbons (Fsp3) is 0.167. The molecule has 3 heteroatoms. The zero-order valence-electron chi connectivity index (χ0n) is 10.2. The van der Waals surface area contributed by atoms with Crippen LogP contribution in [0.5, 0.6) is 0 Å². The fourth-order valence-corrected chi connectivity index (χ4v) is 0.597. The Hall–Kier alpha value is -0.570. The largest absolute Gasteiger partial charge is 0.306 e. The van der Waals surface area contributed by atoms with Gasteiger partial charge in [0.15, 0.2) is 0 Å². The molecule has 0 fully saturated rings. The highest BCUT2D eigenvalue weighted by molar-refractivity contribution is 9.10. The maximum Gasteiger partial charge on any atom is 0.251 e. The normalized spacial score (nSPS) is 20.6. The average molecular weight is 194 g/mol. The average Bonchev–Trinajstić information content (AvgIpc) is 2.09. The third-order valence-corrected chi connectivity index (χ3v) is 1.29. The molecule has 0 aliphatic rings. The third-order valence-electron chi connectivity index (χ3n) is 0.734. The zero-order valence-corrected chi connectivity index (χ0v) is 5.82. The van der Waals surface area contributed by atoms with Gasteiger partial charge in [-0.3, -0.25) is 4.79 Å². The topological polar surface area (TPSA) is 22.0 Å². The van der Waals surface area contributed by atoms with E-state index in [0.717, 1.165) is 0 Å². The van der Waals surface area contributed by atoms with Gasteiger partial charge >= 0.3 is 0 Å². The van der Waals surface area contributed by atoms with E-state index in [9.17, 15) is 4.79 Å². The van der Waals surface area contributed by atoms with Crippen LogP contribution < -0.4 is 5.56 Å². The highest BCUT2D eigenvalue weighted by Gasteiger charge is 1.90. The molecule has 0 atom stereocenters. The summed E-state index contributed by atoms with van der Waals surface area (Å²) in [6.07, 6.45) is 0. The summed E-state index contributed by atoms with van der Waals surface area (Å²) in [6.45, 7) is -2.77. The van der Waals surface area contributed by atoms with Gasteiger partial charge in [0.1, 0.15) is 0 Å². The van der Waals surface area contributed by atoms with E-state index in [1.807, 2.05) is 0 Å². The third kappa shape index (κ3) is 1.21. The Bertz CT molecular complexity index is 464. The van der Waals surface area contributed by atoms with Crippen molar-refractivity contribution in [2.75, 3.05) is 0 Å². The van der Waals surface area contributed by atoms with Gasteiger partial charge in [0.05, 0.1) is 8.72 Å². The maximum atomic E-state index is 11.4. The molecule has 1 rings (SSSR count). The molecule has 0 bridgehead atoms. The van der Waals surface area contributed by atoms with Crippen LogP contribution in [0.25, 0.3) is 0 Å². The Morgan fingerprint density at radius 3 is 3.33 bits per heavy atom. The van der Waals surface area contributed by atoms with Crippen LogP contribution in [0.2, 0.25) is 0 Å². The van der Waals surface area contributed by atoms with Crippen molar-refractivity contribution in [1.29, 1.82) is 0 Å². The van der Waals surface area contributed by atoms with Crippen LogP contribution in [0, 0.1) is 0 Å². The fourth-order valence-electron chi connectivity index (χ4n) is 0.337. The lowest BCUT2D eigenvalue weighted by Gasteiger charge is -1.96. The lowest BCUT2D eigenvalue weighted by Crippen LogP contribution is -2.14. The van der Waals surface area contributed by atoms with Gasteiger partial charge in [0.25, 0.3) is 5.56 Å². The molecule has 0 amide bonds. The van der Waals surface area contributed by atoms with Gasteiger partial charge in [-0.1, -0.05) is 6.04 Å². The van der Waals surface area contributed by atoms with Crippen molar-refractivity contribution in [2.24, 2.45) is 6.98 Å². The number of rotatable bonds is 0. The Balaban J connectivity index is 3.77. The number of nitrogens with zero attached hydrogens (tertiary/aromatic N) is 1. The van der Waals surface area contributed by atoms with Crippen molar-refractivity contribution in [1.82, 2.24) is 4.57 Å². The van der Waals surface area contributed by atoms with Gasteiger partial charge in [-0.05, 0) is 22.0 Å². The molecular formula is C6H6BrNO. The van der Waals surface area contributed by atoms with Crippen LogP contribution in [-0.2, 0) is 6.98 Å². The molecule has 1 heterocycles. The smallest absolute Gasteiger partial charge is 0.251 e. The predicted molar refractivity (Wildman–Crippen MR) is 39.4 cm³/mol. The molecule has 0 saturated carbocycles. The Morgan fingerprint density at radius 2 is 2.67 bits per heavy atom. The lowest BCUT2D eigenvalue weighted by molar-refractivity contribution is 0.835. The number of hydrogen-bond donors (Lipinski definition) is 0. The highest BCUT2D eigenvalue weighted by Crippen LogP contribution is 2.02. The van der Waals surface area contributed by atoms with Crippen molar-refractivity contribution in [3.8, 4) is 0 Å². The van der Waals surface area contributed by atoms with Crippen LogP contribution in [0.1, 0.15) is 8.22 Å². The molecule has 0 N–H and O–H groups in total. The second-order valence-corrected chi connectivity index (χ2v) is 2.06. The van der Waals surface area contributed by atoms with Gasteiger partial charge in [0, 0.05) is 17.1 Å². The molecule has 48 valence electrons. The first-order chi connectivity index (χ1) is 6.68. The molecule has 0 unspecified atom stereocenters. The molecule has 0 spiro atoms. The molecule has 0 radical (unpaired) electrons. The van der Waals surface area contributed by atoms with Crippen molar-refractivity contribution in [3.63, 3.8) is 0 Å². The van der Waals surface area contributed by atoms with Gasteiger partial charge in [-0.25, -0.2) is 0 Å². The summed E-state index contributed by atoms with van der Waals surface area (Å²) < 4.78 is 42.9. The second-order valence-electron chi connectivity index (χ2n) is 1.31. The first kappa shape index (κ1) is 2.23. The van der Waals surface area contributed by atoms with E-state index in [-0.39, 0.29) is 4.60 Å². The monoisotopic (exact) mass is 193 g/mol. The van der Waals surface area contributed by atoms with Crippen molar-refractivity contribution >= 4 is 15.9 Å². The number of aromatic nitrogens is 1.